The second-order valence-electron chi connectivity index (χ2n) is 6.09. The first-order valence-electron chi connectivity index (χ1n) is 8.19. The largest absolute Gasteiger partial charge is 0.300 e. The van der Waals surface area contributed by atoms with Gasteiger partial charge in [-0.2, -0.15) is 0 Å². The van der Waals surface area contributed by atoms with Crippen LogP contribution in [0.25, 0.3) is 16.6 Å². The van der Waals surface area contributed by atoms with Gasteiger partial charge in [0.25, 0.3) is 5.56 Å². The molecule has 0 N–H and O–H groups in total. The summed E-state index contributed by atoms with van der Waals surface area (Å²) in [5, 5.41) is 1.23. The number of thioether (sulfide) groups is 1. The number of rotatable bonds is 5. The summed E-state index contributed by atoms with van der Waals surface area (Å²) in [6, 6.07) is 13.4. The van der Waals surface area contributed by atoms with Gasteiger partial charge < -0.3 is 0 Å². The van der Waals surface area contributed by atoms with Gasteiger partial charge in [-0.05, 0) is 44.0 Å². The Kier molecular flexibility index (Phi) is 5.04. The summed E-state index contributed by atoms with van der Waals surface area (Å²) in [6.07, 6.45) is 0.458. The second kappa shape index (κ2) is 7.23. The van der Waals surface area contributed by atoms with Crippen LogP contribution in [-0.4, -0.2) is 21.1 Å². The van der Waals surface area contributed by atoms with E-state index in [9.17, 15) is 9.59 Å². The number of carbonyl (C=O) groups is 1. The van der Waals surface area contributed by atoms with Crippen molar-refractivity contribution in [3.8, 4) is 5.69 Å². The molecule has 0 amide bonds. The van der Waals surface area contributed by atoms with Gasteiger partial charge in [-0.3, -0.25) is 14.2 Å². The summed E-state index contributed by atoms with van der Waals surface area (Å²) in [7, 11) is 0. The van der Waals surface area contributed by atoms with Gasteiger partial charge in [0.15, 0.2) is 5.16 Å². The van der Waals surface area contributed by atoms with Gasteiger partial charge in [-0.25, -0.2) is 4.98 Å². The average Bonchev–Trinajstić information content (AvgIpc) is 2.57. The lowest BCUT2D eigenvalue weighted by molar-refractivity contribution is -0.116. The predicted octanol–water partition coefficient (Wildman–Crippen LogP) is 4.07. The van der Waals surface area contributed by atoms with E-state index in [1.807, 2.05) is 50.2 Å². The normalized spacial score (nSPS) is 11.0. The van der Waals surface area contributed by atoms with Crippen LogP contribution < -0.4 is 5.56 Å². The zero-order valence-corrected chi connectivity index (χ0v) is 15.4. The van der Waals surface area contributed by atoms with E-state index in [0.29, 0.717) is 28.2 Å². The molecule has 0 aliphatic carbocycles. The molecule has 0 atom stereocenters. The summed E-state index contributed by atoms with van der Waals surface area (Å²) in [5.74, 6) is 0.736. The molecule has 3 rings (SSSR count). The van der Waals surface area contributed by atoms with Crippen LogP contribution in [0.3, 0.4) is 0 Å². The van der Waals surface area contributed by atoms with Crippen LogP contribution in [0.2, 0.25) is 0 Å². The van der Waals surface area contributed by atoms with Crippen molar-refractivity contribution < 1.29 is 4.79 Å². The van der Waals surface area contributed by atoms with E-state index < -0.39 is 0 Å². The van der Waals surface area contributed by atoms with Gasteiger partial charge in [0.2, 0.25) is 0 Å². The van der Waals surface area contributed by atoms with Crippen LogP contribution in [-0.2, 0) is 4.79 Å². The summed E-state index contributed by atoms with van der Waals surface area (Å²) in [5.41, 5.74) is 3.52. The van der Waals surface area contributed by atoms with Crippen molar-refractivity contribution in [1.82, 2.24) is 9.55 Å². The van der Waals surface area contributed by atoms with E-state index in [-0.39, 0.29) is 11.3 Å². The van der Waals surface area contributed by atoms with E-state index in [4.69, 9.17) is 4.98 Å². The third kappa shape index (κ3) is 3.51. The number of benzene rings is 2. The second-order valence-corrected chi connectivity index (χ2v) is 7.16. The highest BCUT2D eigenvalue weighted by Gasteiger charge is 2.16. The van der Waals surface area contributed by atoms with E-state index in [2.05, 4.69) is 0 Å². The highest BCUT2D eigenvalue weighted by atomic mass is 32.2. The lowest BCUT2D eigenvalue weighted by Crippen LogP contribution is -2.23. The molecule has 0 spiro atoms. The number of aromatic nitrogens is 2. The number of ketones is 1. The molecule has 4 nitrogen and oxygen atoms in total. The summed E-state index contributed by atoms with van der Waals surface area (Å²) < 4.78 is 1.69. The fourth-order valence-electron chi connectivity index (χ4n) is 2.85. The molecule has 25 heavy (non-hydrogen) atoms. The zero-order valence-electron chi connectivity index (χ0n) is 14.6. The summed E-state index contributed by atoms with van der Waals surface area (Å²) in [4.78, 5) is 29.2. The van der Waals surface area contributed by atoms with Crippen molar-refractivity contribution in [2.45, 2.75) is 32.3 Å². The first kappa shape index (κ1) is 17.4. The van der Waals surface area contributed by atoms with E-state index in [0.717, 1.165) is 16.8 Å². The minimum atomic E-state index is -0.0756. The SMILES string of the molecule is CC(=O)CCSc1nc2ccccc2c(=O)n1-c1c(C)cccc1C. The third-order valence-corrected chi connectivity index (χ3v) is 5.03. The molecule has 0 saturated carbocycles. The number of aryl methyl sites for hydroxylation is 2. The Labute approximate surface area is 150 Å². The van der Waals surface area contributed by atoms with Crippen molar-refractivity contribution in [3.63, 3.8) is 0 Å². The van der Waals surface area contributed by atoms with Crippen LogP contribution in [0.5, 0.6) is 0 Å². The molecule has 0 saturated heterocycles. The standard InChI is InChI=1S/C20H20N2O2S/c1-13-7-6-8-14(2)18(13)22-19(24)16-9-4-5-10-17(16)21-20(22)25-12-11-15(3)23/h4-10H,11-12H2,1-3H3. The minimum Gasteiger partial charge on any atom is -0.300 e. The lowest BCUT2D eigenvalue weighted by Gasteiger charge is -2.17. The highest BCUT2D eigenvalue weighted by Crippen LogP contribution is 2.25. The molecule has 0 bridgehead atoms. The molecule has 1 heterocycles. The molecule has 2 aromatic carbocycles. The molecular weight excluding hydrogens is 332 g/mol. The van der Waals surface area contributed by atoms with Crippen LogP contribution >= 0.6 is 11.8 Å². The molecule has 1 aromatic heterocycles. The van der Waals surface area contributed by atoms with Gasteiger partial charge in [-0.15, -0.1) is 0 Å². The number of hydrogen-bond donors (Lipinski definition) is 0. The molecule has 3 aromatic rings. The van der Waals surface area contributed by atoms with Crippen LogP contribution in [0.15, 0.2) is 52.4 Å². The van der Waals surface area contributed by atoms with Crippen molar-refractivity contribution in [2.24, 2.45) is 0 Å². The van der Waals surface area contributed by atoms with Gasteiger partial charge >= 0.3 is 0 Å². The topological polar surface area (TPSA) is 52.0 Å². The van der Waals surface area contributed by atoms with Gasteiger partial charge in [-0.1, -0.05) is 42.1 Å². The Hall–Kier alpha value is -2.40. The van der Waals surface area contributed by atoms with E-state index in [1.165, 1.54) is 11.8 Å². The lowest BCUT2D eigenvalue weighted by atomic mass is 10.1. The molecular formula is C20H20N2O2S. The summed E-state index contributed by atoms with van der Waals surface area (Å²) in [6.45, 7) is 5.56. The Balaban J connectivity index is 2.25. The Morgan fingerprint density at radius 2 is 1.76 bits per heavy atom. The maximum Gasteiger partial charge on any atom is 0.266 e. The first-order valence-corrected chi connectivity index (χ1v) is 9.18. The van der Waals surface area contributed by atoms with E-state index >= 15 is 0 Å². The fourth-order valence-corrected chi connectivity index (χ4v) is 3.89. The monoisotopic (exact) mass is 352 g/mol. The van der Waals surface area contributed by atoms with Crippen molar-refractivity contribution in [1.29, 1.82) is 0 Å². The fraction of sp³-hybridized carbons (Fsp3) is 0.250. The Morgan fingerprint density at radius 1 is 1.08 bits per heavy atom. The maximum absolute atomic E-state index is 13.2. The minimum absolute atomic E-state index is 0.0756. The van der Waals surface area contributed by atoms with E-state index in [1.54, 1.807) is 17.6 Å². The van der Waals surface area contributed by atoms with Crippen LogP contribution in [0.1, 0.15) is 24.5 Å². The number of nitrogens with zero attached hydrogens (tertiary/aromatic N) is 2. The summed E-state index contributed by atoms with van der Waals surface area (Å²) >= 11 is 1.45. The Morgan fingerprint density at radius 3 is 2.44 bits per heavy atom. The number of hydrogen-bond acceptors (Lipinski definition) is 4. The zero-order chi connectivity index (χ0) is 18.0. The van der Waals surface area contributed by atoms with Gasteiger partial charge in [0.05, 0.1) is 16.6 Å². The van der Waals surface area contributed by atoms with Crippen molar-refractivity contribution in [2.75, 3.05) is 5.75 Å². The molecule has 0 aliphatic heterocycles. The quantitative estimate of drug-likeness (QED) is 0.513. The number of fused-ring (bicyclic) bond motifs is 1. The molecule has 0 aliphatic rings. The smallest absolute Gasteiger partial charge is 0.266 e. The molecule has 0 fully saturated rings. The molecule has 128 valence electrons. The van der Waals surface area contributed by atoms with Crippen molar-refractivity contribution >= 4 is 28.4 Å². The number of Topliss-reactive ketones (excluding diaryl/α,β-unsaturated/α-hetero) is 1. The van der Waals surface area contributed by atoms with Crippen LogP contribution in [0.4, 0.5) is 0 Å². The van der Waals surface area contributed by atoms with Gasteiger partial charge in [0, 0.05) is 12.2 Å². The van der Waals surface area contributed by atoms with Crippen molar-refractivity contribution in [3.05, 3.63) is 63.9 Å². The molecule has 0 radical (unpaired) electrons. The Bertz CT molecular complexity index is 988. The predicted molar refractivity (Wildman–Crippen MR) is 103 cm³/mol. The third-order valence-electron chi connectivity index (χ3n) is 4.09. The highest BCUT2D eigenvalue weighted by molar-refractivity contribution is 7.99. The van der Waals surface area contributed by atoms with Gasteiger partial charge in [0.1, 0.15) is 5.78 Å². The number of carbonyl (C=O) groups excluding carboxylic acids is 1. The maximum atomic E-state index is 13.2. The van der Waals surface area contributed by atoms with Crippen LogP contribution in [0, 0.1) is 13.8 Å². The first-order chi connectivity index (χ1) is 12.0. The molecule has 0 unspecified atom stereocenters. The average molecular weight is 352 g/mol. The molecule has 5 heteroatoms. The number of para-hydroxylation sites is 2.